The van der Waals surface area contributed by atoms with Crippen LogP contribution in [0.1, 0.15) is 54.3 Å². The first-order valence-electron chi connectivity index (χ1n) is 13.0. The van der Waals surface area contributed by atoms with Gasteiger partial charge in [0.1, 0.15) is 5.75 Å². The van der Waals surface area contributed by atoms with Gasteiger partial charge in [-0.25, -0.2) is 0 Å². The number of alkyl halides is 3. The summed E-state index contributed by atoms with van der Waals surface area (Å²) < 4.78 is 44.7. The van der Waals surface area contributed by atoms with Crippen molar-refractivity contribution >= 4 is 29.0 Å². The van der Waals surface area contributed by atoms with Crippen molar-refractivity contribution in [2.24, 2.45) is 0 Å². The minimum Gasteiger partial charge on any atom is -0.550 e. The molecule has 0 saturated heterocycles. The second-order valence-electron chi connectivity index (χ2n) is 9.99. The van der Waals surface area contributed by atoms with Crippen LogP contribution in [0, 0.1) is 0 Å². The van der Waals surface area contributed by atoms with Gasteiger partial charge in [-0.2, -0.15) is 13.2 Å². The number of halogens is 3. The van der Waals surface area contributed by atoms with E-state index in [4.69, 9.17) is 4.74 Å². The standard InChI is InChI=1S/C31H27F3N2O5/c1-41-22-12-8-19(9-13-22)30-29-24(16-20(17-26(29)37)18-6-10-21(11-7-18)31(32,33)34)35-23-4-2-3-5-25(23)36(30)27(38)14-15-28(39)40/h2-13,20,30,35H,14-17H2,1H3,(H,39,40)/p-1. The van der Waals surface area contributed by atoms with Crippen LogP contribution in [0.3, 0.4) is 0 Å². The lowest BCUT2D eigenvalue weighted by Gasteiger charge is -2.35. The van der Waals surface area contributed by atoms with Gasteiger partial charge in [0, 0.05) is 30.1 Å². The van der Waals surface area contributed by atoms with Crippen molar-refractivity contribution < 1.29 is 37.4 Å². The summed E-state index contributed by atoms with van der Waals surface area (Å²) in [4.78, 5) is 40.3. The van der Waals surface area contributed by atoms with Gasteiger partial charge in [0.25, 0.3) is 0 Å². The number of methoxy groups -OCH3 is 1. The summed E-state index contributed by atoms with van der Waals surface area (Å²) in [6.45, 7) is 0. The Morgan fingerprint density at radius 2 is 1.61 bits per heavy atom. The van der Waals surface area contributed by atoms with Gasteiger partial charge in [0.2, 0.25) is 5.91 Å². The molecule has 2 aliphatic rings. The van der Waals surface area contributed by atoms with Gasteiger partial charge in [0.05, 0.1) is 30.1 Å². The quantitative estimate of drug-likeness (QED) is 0.446. The lowest BCUT2D eigenvalue weighted by atomic mass is 9.78. The predicted molar refractivity (Wildman–Crippen MR) is 143 cm³/mol. The van der Waals surface area contributed by atoms with Gasteiger partial charge in [-0.1, -0.05) is 36.4 Å². The van der Waals surface area contributed by atoms with Crippen molar-refractivity contribution in [1.29, 1.82) is 0 Å². The SMILES string of the molecule is COc1ccc(C2C3=C(CC(c4ccc(C(F)(F)F)cc4)CC3=O)Nc3ccccc3N2C(=O)CCC(=O)[O-])cc1. The number of fused-ring (bicyclic) bond motifs is 1. The maximum atomic E-state index is 13.9. The fraction of sp³-hybridized carbons (Fsp3) is 0.258. The number of para-hydroxylation sites is 2. The average molecular weight is 564 g/mol. The number of Topliss-reactive ketones (excluding diaryl/α,β-unsaturated/α-hetero) is 1. The first kappa shape index (κ1) is 27.9. The Hall–Kier alpha value is -4.60. The third-order valence-electron chi connectivity index (χ3n) is 7.44. The number of allylic oxidation sites excluding steroid dienone is 1. The molecule has 0 radical (unpaired) electrons. The molecular formula is C31H26F3N2O5-. The van der Waals surface area contributed by atoms with Gasteiger partial charge in [-0.3, -0.25) is 14.5 Å². The number of amides is 1. The first-order valence-corrected chi connectivity index (χ1v) is 13.0. The fourth-order valence-corrected chi connectivity index (χ4v) is 5.48. The summed E-state index contributed by atoms with van der Waals surface area (Å²) in [5.41, 5.74) is 2.34. The zero-order valence-corrected chi connectivity index (χ0v) is 22.0. The van der Waals surface area contributed by atoms with Crippen molar-refractivity contribution in [1.82, 2.24) is 0 Å². The van der Waals surface area contributed by atoms with Gasteiger partial charge in [-0.15, -0.1) is 0 Å². The summed E-state index contributed by atoms with van der Waals surface area (Å²) >= 11 is 0. The number of anilines is 2. The van der Waals surface area contributed by atoms with Crippen LogP contribution in [0.2, 0.25) is 0 Å². The highest BCUT2D eigenvalue weighted by atomic mass is 19.4. The van der Waals surface area contributed by atoms with E-state index in [1.54, 1.807) is 48.5 Å². The molecule has 41 heavy (non-hydrogen) atoms. The Morgan fingerprint density at radius 1 is 0.951 bits per heavy atom. The Kier molecular flexibility index (Phi) is 7.57. The number of carbonyl (C=O) groups is 3. The number of hydrogen-bond donors (Lipinski definition) is 1. The monoisotopic (exact) mass is 563 g/mol. The number of aliphatic carboxylic acids is 1. The number of ketones is 1. The fourth-order valence-electron chi connectivity index (χ4n) is 5.48. The topological polar surface area (TPSA) is 98.8 Å². The van der Waals surface area contributed by atoms with Crippen molar-refractivity contribution in [3.8, 4) is 5.75 Å². The molecule has 1 aliphatic heterocycles. The van der Waals surface area contributed by atoms with E-state index in [1.165, 1.54) is 24.1 Å². The minimum absolute atomic E-state index is 0.0238. The second kappa shape index (κ2) is 11.1. The van der Waals surface area contributed by atoms with Crippen molar-refractivity contribution in [3.63, 3.8) is 0 Å². The molecule has 0 spiro atoms. The smallest absolute Gasteiger partial charge is 0.416 e. The molecule has 1 heterocycles. The molecular weight excluding hydrogens is 537 g/mol. The molecule has 1 N–H and O–H groups in total. The summed E-state index contributed by atoms with van der Waals surface area (Å²) in [6, 6.07) is 17.8. The highest BCUT2D eigenvalue weighted by Gasteiger charge is 2.41. The van der Waals surface area contributed by atoms with E-state index in [0.29, 0.717) is 45.9 Å². The van der Waals surface area contributed by atoms with Crippen LogP contribution in [-0.4, -0.2) is 24.8 Å². The molecule has 2 unspecified atom stereocenters. The average Bonchev–Trinajstić information content (AvgIpc) is 3.10. The number of rotatable bonds is 6. The molecule has 10 heteroatoms. The maximum Gasteiger partial charge on any atom is 0.416 e. The number of benzene rings is 3. The predicted octanol–water partition coefficient (Wildman–Crippen LogP) is 5.14. The molecule has 7 nitrogen and oxygen atoms in total. The molecule has 0 fully saturated rings. The van der Waals surface area contributed by atoms with Crippen LogP contribution in [0.4, 0.5) is 24.5 Å². The number of nitrogens with one attached hydrogen (secondary N) is 1. The number of carbonyl (C=O) groups excluding carboxylic acids is 3. The van der Waals surface area contributed by atoms with Crippen LogP contribution in [0.25, 0.3) is 0 Å². The van der Waals surface area contributed by atoms with E-state index in [9.17, 15) is 32.7 Å². The van der Waals surface area contributed by atoms with Gasteiger partial charge < -0.3 is 20.0 Å². The summed E-state index contributed by atoms with van der Waals surface area (Å²) in [7, 11) is 1.52. The van der Waals surface area contributed by atoms with Gasteiger partial charge in [-0.05, 0) is 66.3 Å². The van der Waals surface area contributed by atoms with E-state index in [-0.39, 0.29) is 24.5 Å². The molecule has 5 rings (SSSR count). The van der Waals surface area contributed by atoms with Crippen molar-refractivity contribution in [2.45, 2.75) is 43.8 Å². The molecule has 1 aliphatic carbocycles. The highest BCUT2D eigenvalue weighted by Crippen LogP contribution is 2.48. The van der Waals surface area contributed by atoms with Gasteiger partial charge >= 0.3 is 6.18 Å². The largest absolute Gasteiger partial charge is 0.550 e. The lowest BCUT2D eigenvalue weighted by Crippen LogP contribution is -2.39. The van der Waals surface area contributed by atoms with E-state index >= 15 is 0 Å². The van der Waals surface area contributed by atoms with E-state index in [2.05, 4.69) is 5.32 Å². The normalized spacial score (nSPS) is 18.6. The number of nitrogens with zero attached hydrogens (tertiary/aromatic N) is 1. The van der Waals surface area contributed by atoms with Crippen LogP contribution in [0.15, 0.2) is 84.1 Å². The maximum absolute atomic E-state index is 13.9. The molecule has 0 aromatic heterocycles. The zero-order valence-electron chi connectivity index (χ0n) is 22.0. The van der Waals surface area contributed by atoms with E-state index < -0.39 is 36.1 Å². The zero-order chi connectivity index (χ0) is 29.3. The molecule has 3 aromatic carbocycles. The Labute approximate surface area is 234 Å². The van der Waals surface area contributed by atoms with Crippen molar-refractivity contribution in [2.75, 3.05) is 17.3 Å². The third kappa shape index (κ3) is 5.68. The lowest BCUT2D eigenvalue weighted by molar-refractivity contribution is -0.305. The molecule has 3 aromatic rings. The minimum atomic E-state index is -4.47. The number of carboxylic acids is 1. The molecule has 1 amide bonds. The van der Waals surface area contributed by atoms with Gasteiger partial charge in [0.15, 0.2) is 5.78 Å². The van der Waals surface area contributed by atoms with Crippen LogP contribution < -0.4 is 20.1 Å². The second-order valence-corrected chi connectivity index (χ2v) is 9.99. The molecule has 0 saturated carbocycles. The summed E-state index contributed by atoms with van der Waals surface area (Å²) in [6.07, 6.45) is -4.96. The Morgan fingerprint density at radius 3 is 2.24 bits per heavy atom. The first-order chi connectivity index (χ1) is 19.6. The summed E-state index contributed by atoms with van der Waals surface area (Å²) in [5.74, 6) is -1.96. The number of hydrogen-bond acceptors (Lipinski definition) is 6. The molecule has 212 valence electrons. The van der Waals surface area contributed by atoms with E-state index in [0.717, 1.165) is 12.1 Å². The molecule has 2 atom stereocenters. The van der Waals surface area contributed by atoms with Crippen molar-refractivity contribution in [3.05, 3.63) is 101 Å². The third-order valence-corrected chi connectivity index (χ3v) is 7.44. The van der Waals surface area contributed by atoms with Crippen LogP contribution >= 0.6 is 0 Å². The summed E-state index contributed by atoms with van der Waals surface area (Å²) in [5, 5.41) is 14.5. The molecule has 0 bridgehead atoms. The Balaban J connectivity index is 1.63. The Bertz CT molecular complexity index is 1510. The van der Waals surface area contributed by atoms with Crippen LogP contribution in [0.5, 0.6) is 5.75 Å². The van der Waals surface area contributed by atoms with E-state index in [1.807, 2.05) is 0 Å². The highest BCUT2D eigenvalue weighted by molar-refractivity contribution is 6.06. The number of carboxylic acid groups (broad SMARTS) is 1. The van der Waals surface area contributed by atoms with Crippen LogP contribution in [-0.2, 0) is 20.6 Å². The number of ether oxygens (including phenoxy) is 1.